The first kappa shape index (κ1) is 14.9. The third-order valence-electron chi connectivity index (χ3n) is 3.03. The molecule has 0 spiro atoms. The third kappa shape index (κ3) is 3.01. The van der Waals surface area contributed by atoms with Crippen LogP contribution in [0.25, 0.3) is 0 Å². The van der Waals surface area contributed by atoms with Gasteiger partial charge in [-0.3, -0.25) is 14.9 Å². The quantitative estimate of drug-likeness (QED) is 0.587. The fraction of sp³-hybridized carbons (Fsp3) is 0.636. The minimum absolute atomic E-state index is 0.204. The van der Waals surface area contributed by atoms with Gasteiger partial charge in [0.15, 0.2) is 0 Å². The highest BCUT2D eigenvalue weighted by atomic mass is 16.4. The lowest BCUT2D eigenvalue weighted by Gasteiger charge is -2.40. The summed E-state index contributed by atoms with van der Waals surface area (Å²) in [6.45, 7) is 4.28. The molecule has 8 nitrogen and oxygen atoms in total. The van der Waals surface area contributed by atoms with Gasteiger partial charge in [-0.15, -0.1) is 0 Å². The first-order valence-electron chi connectivity index (χ1n) is 5.85. The van der Waals surface area contributed by atoms with Gasteiger partial charge in [-0.05, 0) is 20.3 Å². The van der Waals surface area contributed by atoms with Crippen LogP contribution in [0.4, 0.5) is 4.79 Å². The number of amides is 4. The first-order valence-corrected chi connectivity index (χ1v) is 5.85. The van der Waals surface area contributed by atoms with Crippen molar-refractivity contribution in [3.05, 3.63) is 0 Å². The maximum absolute atomic E-state index is 12.0. The Morgan fingerprint density at radius 1 is 1.47 bits per heavy atom. The SMILES string of the molecule is CC[C@H](NC(=O)N1CC(=O)NC(=O)C1(C)C)C(=O)O. The highest BCUT2D eigenvalue weighted by molar-refractivity contribution is 6.06. The predicted octanol–water partition coefficient (Wildman–Crippen LogP) is -0.704. The largest absolute Gasteiger partial charge is 0.480 e. The van der Waals surface area contributed by atoms with E-state index in [4.69, 9.17) is 5.11 Å². The van der Waals surface area contributed by atoms with Crippen LogP contribution in [0.2, 0.25) is 0 Å². The Morgan fingerprint density at radius 2 is 2.05 bits per heavy atom. The van der Waals surface area contributed by atoms with Crippen molar-refractivity contribution in [2.24, 2.45) is 0 Å². The molecule has 106 valence electrons. The maximum atomic E-state index is 12.0. The van der Waals surface area contributed by atoms with Crippen molar-refractivity contribution >= 4 is 23.8 Å². The zero-order valence-corrected chi connectivity index (χ0v) is 11.0. The van der Waals surface area contributed by atoms with Gasteiger partial charge >= 0.3 is 12.0 Å². The van der Waals surface area contributed by atoms with E-state index in [0.717, 1.165) is 4.90 Å². The Morgan fingerprint density at radius 3 is 2.53 bits per heavy atom. The molecule has 1 aliphatic rings. The number of urea groups is 1. The van der Waals surface area contributed by atoms with Crippen LogP contribution in [0.5, 0.6) is 0 Å². The fourth-order valence-electron chi connectivity index (χ4n) is 1.67. The molecule has 1 heterocycles. The Hall–Kier alpha value is -2.12. The van der Waals surface area contributed by atoms with E-state index in [0.29, 0.717) is 0 Å². The average Bonchev–Trinajstić information content (AvgIpc) is 2.30. The summed E-state index contributed by atoms with van der Waals surface area (Å²) in [5, 5.41) is 13.3. The monoisotopic (exact) mass is 271 g/mol. The van der Waals surface area contributed by atoms with Crippen molar-refractivity contribution in [3.63, 3.8) is 0 Å². The van der Waals surface area contributed by atoms with Crippen molar-refractivity contribution in [3.8, 4) is 0 Å². The second-order valence-corrected chi connectivity index (χ2v) is 4.77. The Labute approximate surface area is 110 Å². The molecule has 1 saturated heterocycles. The lowest BCUT2D eigenvalue weighted by molar-refractivity contribution is -0.142. The summed E-state index contributed by atoms with van der Waals surface area (Å²) in [6, 6.07) is -1.80. The van der Waals surface area contributed by atoms with Crippen LogP contribution < -0.4 is 10.6 Å². The van der Waals surface area contributed by atoms with Crippen molar-refractivity contribution in [1.29, 1.82) is 0 Å². The molecule has 1 atom stereocenters. The second-order valence-electron chi connectivity index (χ2n) is 4.77. The molecule has 0 bridgehead atoms. The number of aliphatic carboxylic acids is 1. The number of nitrogens with zero attached hydrogens (tertiary/aromatic N) is 1. The number of nitrogens with one attached hydrogen (secondary N) is 2. The highest BCUT2D eigenvalue weighted by Crippen LogP contribution is 2.18. The molecule has 0 saturated carbocycles. The van der Waals surface area contributed by atoms with E-state index in [2.05, 4.69) is 10.6 Å². The number of piperazine rings is 1. The zero-order valence-electron chi connectivity index (χ0n) is 11.0. The Bertz CT molecular complexity index is 432. The van der Waals surface area contributed by atoms with Crippen LogP contribution in [-0.2, 0) is 14.4 Å². The number of hydrogen-bond donors (Lipinski definition) is 3. The molecule has 0 aromatic heterocycles. The molecule has 8 heteroatoms. The van der Waals surface area contributed by atoms with E-state index < -0.39 is 35.4 Å². The predicted molar refractivity (Wildman–Crippen MR) is 64.2 cm³/mol. The van der Waals surface area contributed by atoms with E-state index in [1.807, 2.05) is 0 Å². The van der Waals surface area contributed by atoms with Crippen molar-refractivity contribution in [2.45, 2.75) is 38.8 Å². The molecular formula is C11H17N3O5. The molecule has 3 N–H and O–H groups in total. The molecule has 1 rings (SSSR count). The van der Waals surface area contributed by atoms with Crippen LogP contribution in [0.1, 0.15) is 27.2 Å². The molecule has 0 aromatic carbocycles. The van der Waals surface area contributed by atoms with Gasteiger partial charge in [0.2, 0.25) is 5.91 Å². The third-order valence-corrected chi connectivity index (χ3v) is 3.03. The lowest BCUT2D eigenvalue weighted by atomic mass is 9.99. The molecule has 4 amide bonds. The molecular weight excluding hydrogens is 254 g/mol. The fourth-order valence-corrected chi connectivity index (χ4v) is 1.67. The average molecular weight is 271 g/mol. The molecule has 1 fully saturated rings. The Balaban J connectivity index is 2.87. The molecule has 0 unspecified atom stereocenters. The topological polar surface area (TPSA) is 116 Å². The number of carbonyl (C=O) groups is 4. The standard InChI is InChI=1S/C11H17N3O5/c1-4-6(8(16)17)12-10(19)14-5-7(15)13-9(18)11(14,2)3/h6H,4-5H2,1-3H3,(H,12,19)(H,16,17)(H,13,15,18)/t6-/m0/s1. The molecule has 0 aromatic rings. The van der Waals surface area contributed by atoms with E-state index >= 15 is 0 Å². The Kier molecular flexibility index (Phi) is 4.13. The number of carboxylic acids is 1. The molecule has 0 aliphatic carbocycles. The van der Waals surface area contributed by atoms with E-state index in [1.54, 1.807) is 6.92 Å². The smallest absolute Gasteiger partial charge is 0.326 e. The number of carboxylic acid groups (broad SMARTS) is 1. The minimum Gasteiger partial charge on any atom is -0.480 e. The van der Waals surface area contributed by atoms with Crippen molar-refractivity contribution in [2.75, 3.05) is 6.54 Å². The van der Waals surface area contributed by atoms with Crippen LogP contribution >= 0.6 is 0 Å². The molecule has 0 radical (unpaired) electrons. The zero-order chi connectivity index (χ0) is 14.8. The van der Waals surface area contributed by atoms with E-state index in [-0.39, 0.29) is 13.0 Å². The molecule has 19 heavy (non-hydrogen) atoms. The summed E-state index contributed by atoms with van der Waals surface area (Å²) < 4.78 is 0. The number of hydrogen-bond acceptors (Lipinski definition) is 4. The molecule has 1 aliphatic heterocycles. The summed E-state index contributed by atoms with van der Waals surface area (Å²) in [5.74, 6) is -2.36. The number of imide groups is 1. The van der Waals surface area contributed by atoms with E-state index in [9.17, 15) is 19.2 Å². The van der Waals surface area contributed by atoms with Gasteiger partial charge in [-0.25, -0.2) is 9.59 Å². The van der Waals surface area contributed by atoms with Crippen molar-refractivity contribution in [1.82, 2.24) is 15.5 Å². The second kappa shape index (κ2) is 5.25. The van der Waals surface area contributed by atoms with Gasteiger partial charge in [-0.1, -0.05) is 6.92 Å². The van der Waals surface area contributed by atoms with Crippen LogP contribution in [0, 0.1) is 0 Å². The summed E-state index contributed by atoms with van der Waals surface area (Å²) in [4.78, 5) is 46.8. The van der Waals surface area contributed by atoms with Gasteiger partial charge in [0.1, 0.15) is 18.1 Å². The maximum Gasteiger partial charge on any atom is 0.326 e. The summed E-state index contributed by atoms with van der Waals surface area (Å²) >= 11 is 0. The number of carbonyl (C=O) groups excluding carboxylic acids is 3. The van der Waals surface area contributed by atoms with Crippen molar-refractivity contribution < 1.29 is 24.3 Å². The van der Waals surface area contributed by atoms with Gasteiger partial charge in [0.05, 0.1) is 0 Å². The summed E-state index contributed by atoms with van der Waals surface area (Å²) in [6.07, 6.45) is 0.204. The van der Waals surface area contributed by atoms with Crippen LogP contribution in [0.15, 0.2) is 0 Å². The van der Waals surface area contributed by atoms with Gasteiger partial charge in [-0.2, -0.15) is 0 Å². The minimum atomic E-state index is -1.21. The highest BCUT2D eigenvalue weighted by Gasteiger charge is 2.44. The van der Waals surface area contributed by atoms with Gasteiger partial charge < -0.3 is 15.3 Å². The van der Waals surface area contributed by atoms with E-state index in [1.165, 1.54) is 13.8 Å². The summed E-state index contributed by atoms with van der Waals surface area (Å²) in [5.41, 5.74) is -1.21. The van der Waals surface area contributed by atoms with Crippen LogP contribution in [0.3, 0.4) is 0 Å². The normalized spacial score (nSPS) is 19.6. The lowest BCUT2D eigenvalue weighted by Crippen LogP contribution is -2.67. The van der Waals surface area contributed by atoms with Gasteiger partial charge in [0.25, 0.3) is 5.91 Å². The number of rotatable bonds is 3. The summed E-state index contributed by atoms with van der Waals surface area (Å²) in [7, 11) is 0. The van der Waals surface area contributed by atoms with Gasteiger partial charge in [0, 0.05) is 0 Å². The first-order chi connectivity index (χ1) is 8.70. The van der Waals surface area contributed by atoms with Crippen LogP contribution in [-0.4, -0.2) is 51.9 Å².